The van der Waals surface area contributed by atoms with Crippen molar-refractivity contribution in [1.29, 1.82) is 0 Å². The number of nitrogen functional groups attached to an aromatic ring is 1. The standard InChI is InChI=1S/C10H17N3O4S/c1-16-6-5-12-18(14,15)13-10-7-8(17-2)3-4-9(10)11/h3-4,7,12-13H,5-6,11H2,1-2H3. The SMILES string of the molecule is COCCNS(=O)(=O)Nc1cc(OC)ccc1N. The van der Waals surface area contributed by atoms with E-state index in [0.29, 0.717) is 11.4 Å². The average Bonchev–Trinajstić information content (AvgIpc) is 2.32. The zero-order valence-corrected chi connectivity index (χ0v) is 11.1. The number of ether oxygens (including phenoxy) is 2. The molecule has 1 rings (SSSR count). The topological polar surface area (TPSA) is 103 Å². The van der Waals surface area contributed by atoms with Crippen molar-refractivity contribution < 1.29 is 17.9 Å². The molecule has 1 aromatic rings. The Morgan fingerprint density at radius 2 is 2.06 bits per heavy atom. The van der Waals surface area contributed by atoms with Crippen molar-refractivity contribution in [3.8, 4) is 5.75 Å². The maximum Gasteiger partial charge on any atom is 0.299 e. The molecular weight excluding hydrogens is 258 g/mol. The molecular formula is C10H17N3O4S. The minimum absolute atomic E-state index is 0.176. The van der Waals surface area contributed by atoms with Crippen LogP contribution in [0.2, 0.25) is 0 Å². The number of benzene rings is 1. The smallest absolute Gasteiger partial charge is 0.299 e. The summed E-state index contributed by atoms with van der Waals surface area (Å²) >= 11 is 0. The number of nitrogens with two attached hydrogens (primary N) is 1. The quantitative estimate of drug-likeness (QED) is 0.486. The first-order valence-corrected chi connectivity index (χ1v) is 6.66. The molecule has 0 aliphatic rings. The van der Waals surface area contributed by atoms with Crippen LogP contribution in [0.25, 0.3) is 0 Å². The van der Waals surface area contributed by atoms with Gasteiger partial charge in [0.2, 0.25) is 0 Å². The summed E-state index contributed by atoms with van der Waals surface area (Å²) in [6, 6.07) is 4.71. The van der Waals surface area contributed by atoms with Crippen LogP contribution < -0.4 is 19.9 Å². The molecule has 0 unspecified atom stereocenters. The zero-order chi connectivity index (χ0) is 13.6. The highest BCUT2D eigenvalue weighted by Gasteiger charge is 2.11. The van der Waals surface area contributed by atoms with E-state index in [0.717, 1.165) is 0 Å². The van der Waals surface area contributed by atoms with Gasteiger partial charge in [-0.3, -0.25) is 4.72 Å². The van der Waals surface area contributed by atoms with E-state index in [4.69, 9.17) is 15.2 Å². The monoisotopic (exact) mass is 275 g/mol. The van der Waals surface area contributed by atoms with Crippen molar-refractivity contribution >= 4 is 21.6 Å². The van der Waals surface area contributed by atoms with Crippen molar-refractivity contribution in [3.05, 3.63) is 18.2 Å². The van der Waals surface area contributed by atoms with Crippen molar-refractivity contribution in [2.24, 2.45) is 0 Å². The van der Waals surface area contributed by atoms with Gasteiger partial charge in [0.15, 0.2) is 0 Å². The lowest BCUT2D eigenvalue weighted by atomic mass is 10.2. The van der Waals surface area contributed by atoms with E-state index in [-0.39, 0.29) is 18.8 Å². The van der Waals surface area contributed by atoms with Crippen LogP contribution in [0.5, 0.6) is 5.75 Å². The minimum atomic E-state index is -3.67. The molecule has 0 atom stereocenters. The van der Waals surface area contributed by atoms with Crippen LogP contribution >= 0.6 is 0 Å². The highest BCUT2D eigenvalue weighted by atomic mass is 32.2. The molecule has 0 aromatic heterocycles. The normalized spacial score (nSPS) is 11.2. The summed E-state index contributed by atoms with van der Waals surface area (Å²) in [6.07, 6.45) is 0. The van der Waals surface area contributed by atoms with Crippen LogP contribution in [0.1, 0.15) is 0 Å². The second kappa shape index (κ2) is 6.43. The van der Waals surface area contributed by atoms with E-state index in [1.54, 1.807) is 12.1 Å². The third-order valence-corrected chi connectivity index (χ3v) is 3.18. The van der Waals surface area contributed by atoms with Crippen LogP contribution in [0.4, 0.5) is 11.4 Å². The largest absolute Gasteiger partial charge is 0.497 e. The summed E-state index contributed by atoms with van der Waals surface area (Å²) in [5, 5.41) is 0. The van der Waals surface area contributed by atoms with Crippen LogP contribution in [0.15, 0.2) is 18.2 Å². The maximum atomic E-state index is 11.7. The fourth-order valence-electron chi connectivity index (χ4n) is 1.21. The lowest BCUT2D eigenvalue weighted by Gasteiger charge is -2.12. The van der Waals surface area contributed by atoms with Crippen molar-refractivity contribution in [1.82, 2.24) is 4.72 Å². The molecule has 102 valence electrons. The first-order chi connectivity index (χ1) is 8.48. The molecule has 0 spiro atoms. The first kappa shape index (κ1) is 14.6. The Hall–Kier alpha value is -1.51. The van der Waals surface area contributed by atoms with E-state index in [1.807, 2.05) is 0 Å². The Labute approximate surface area is 106 Å². The Morgan fingerprint density at radius 1 is 1.33 bits per heavy atom. The van der Waals surface area contributed by atoms with Crippen molar-refractivity contribution in [2.45, 2.75) is 0 Å². The van der Waals surface area contributed by atoms with Crippen LogP contribution in [-0.2, 0) is 14.9 Å². The van der Waals surface area contributed by atoms with Gasteiger partial charge in [-0.15, -0.1) is 0 Å². The molecule has 0 amide bonds. The fourth-order valence-corrected chi connectivity index (χ4v) is 2.10. The molecule has 0 fully saturated rings. The van der Waals surface area contributed by atoms with E-state index < -0.39 is 10.2 Å². The Morgan fingerprint density at radius 3 is 2.67 bits per heavy atom. The maximum absolute atomic E-state index is 11.7. The highest BCUT2D eigenvalue weighted by molar-refractivity contribution is 7.90. The molecule has 1 aromatic carbocycles. The molecule has 0 heterocycles. The molecule has 18 heavy (non-hydrogen) atoms. The first-order valence-electron chi connectivity index (χ1n) is 5.18. The van der Waals surface area contributed by atoms with E-state index in [2.05, 4.69) is 9.44 Å². The van der Waals surface area contributed by atoms with E-state index >= 15 is 0 Å². The summed E-state index contributed by atoms with van der Waals surface area (Å²) in [5.41, 5.74) is 6.25. The van der Waals surface area contributed by atoms with E-state index in [9.17, 15) is 8.42 Å². The fraction of sp³-hybridized carbons (Fsp3) is 0.400. The number of methoxy groups -OCH3 is 2. The molecule has 4 N–H and O–H groups in total. The summed E-state index contributed by atoms with van der Waals surface area (Å²) < 4.78 is 37.7. The minimum Gasteiger partial charge on any atom is -0.497 e. The number of hydrogen-bond donors (Lipinski definition) is 3. The Balaban J connectivity index is 2.76. The molecule has 0 saturated heterocycles. The molecule has 0 aliphatic carbocycles. The third kappa shape index (κ3) is 4.40. The lowest BCUT2D eigenvalue weighted by Crippen LogP contribution is -2.32. The molecule has 0 saturated carbocycles. The second-order valence-corrected chi connectivity index (χ2v) is 4.95. The van der Waals surface area contributed by atoms with Crippen LogP contribution in [-0.4, -0.2) is 35.8 Å². The molecule has 7 nitrogen and oxygen atoms in total. The average molecular weight is 275 g/mol. The number of rotatable bonds is 7. The summed E-state index contributed by atoms with van der Waals surface area (Å²) in [6.45, 7) is 0.463. The molecule has 0 aliphatic heterocycles. The van der Waals surface area contributed by atoms with Gasteiger partial charge in [-0.25, -0.2) is 0 Å². The zero-order valence-electron chi connectivity index (χ0n) is 10.3. The summed E-state index contributed by atoms with van der Waals surface area (Å²) in [5.74, 6) is 0.513. The summed E-state index contributed by atoms with van der Waals surface area (Å²) in [4.78, 5) is 0. The van der Waals surface area contributed by atoms with Gasteiger partial charge in [-0.1, -0.05) is 0 Å². The highest BCUT2D eigenvalue weighted by Crippen LogP contribution is 2.24. The Bertz CT molecular complexity index is 490. The Kier molecular flexibility index (Phi) is 5.20. The van der Waals surface area contributed by atoms with Crippen molar-refractivity contribution in [2.75, 3.05) is 37.8 Å². The van der Waals surface area contributed by atoms with Gasteiger partial charge >= 0.3 is 0 Å². The van der Waals surface area contributed by atoms with Crippen LogP contribution in [0.3, 0.4) is 0 Å². The molecule has 0 bridgehead atoms. The van der Waals surface area contributed by atoms with E-state index in [1.165, 1.54) is 20.3 Å². The predicted molar refractivity (Wildman–Crippen MR) is 69.8 cm³/mol. The second-order valence-electron chi connectivity index (χ2n) is 3.45. The van der Waals surface area contributed by atoms with Gasteiger partial charge in [0.05, 0.1) is 25.1 Å². The van der Waals surface area contributed by atoms with Gasteiger partial charge in [0.1, 0.15) is 5.75 Å². The van der Waals surface area contributed by atoms with Crippen LogP contribution in [0, 0.1) is 0 Å². The number of anilines is 2. The third-order valence-electron chi connectivity index (χ3n) is 2.10. The lowest BCUT2D eigenvalue weighted by molar-refractivity contribution is 0.204. The summed E-state index contributed by atoms with van der Waals surface area (Å²) in [7, 11) is -0.695. The van der Waals surface area contributed by atoms with Gasteiger partial charge in [0, 0.05) is 19.7 Å². The van der Waals surface area contributed by atoms with Gasteiger partial charge in [-0.05, 0) is 12.1 Å². The molecule has 8 heteroatoms. The van der Waals surface area contributed by atoms with Crippen molar-refractivity contribution in [3.63, 3.8) is 0 Å². The predicted octanol–water partition coefficient (Wildman–Crippen LogP) is 0.170. The number of hydrogen-bond acceptors (Lipinski definition) is 5. The molecule has 0 radical (unpaired) electrons. The van der Waals surface area contributed by atoms with Gasteiger partial charge in [-0.2, -0.15) is 13.1 Å². The van der Waals surface area contributed by atoms with Gasteiger partial charge in [0.25, 0.3) is 10.2 Å². The number of nitrogens with one attached hydrogen (secondary N) is 2. The van der Waals surface area contributed by atoms with Gasteiger partial charge < -0.3 is 15.2 Å².